The Morgan fingerprint density at radius 1 is 1.21 bits per heavy atom. The van der Waals surface area contributed by atoms with Crippen molar-refractivity contribution in [2.75, 3.05) is 10.6 Å². The van der Waals surface area contributed by atoms with Gasteiger partial charge >= 0.3 is 0 Å². The molecule has 0 bridgehead atoms. The average Bonchev–Trinajstić information content (AvgIpc) is 2.01. The lowest BCUT2D eigenvalue weighted by molar-refractivity contribution is 1.16. The van der Waals surface area contributed by atoms with Crippen LogP contribution in [-0.2, 0) is 0 Å². The summed E-state index contributed by atoms with van der Waals surface area (Å²) in [5.74, 6) is 0.0439. The van der Waals surface area contributed by atoms with Gasteiger partial charge in [-0.05, 0) is 6.07 Å². The lowest BCUT2D eigenvalue weighted by atomic mass is 10.6. The van der Waals surface area contributed by atoms with Crippen molar-refractivity contribution in [1.82, 2.24) is 9.97 Å². The third kappa shape index (κ3) is 2.93. The third-order valence-electron chi connectivity index (χ3n) is 1.16. The maximum absolute atomic E-state index is 6.96. The van der Waals surface area contributed by atoms with Crippen molar-refractivity contribution < 1.29 is 0 Å². The smallest absolute Gasteiger partial charge is 0.231 e. The topological polar surface area (TPSA) is 150 Å². The van der Waals surface area contributed by atoms with Gasteiger partial charge in [-0.1, -0.05) is 0 Å². The first-order valence-corrected chi connectivity index (χ1v) is 3.63. The van der Waals surface area contributed by atoms with Gasteiger partial charge in [0.15, 0.2) is 11.9 Å². The Balaban J connectivity index is 2.78. The summed E-state index contributed by atoms with van der Waals surface area (Å²) in [5.41, 5.74) is 10.2. The van der Waals surface area contributed by atoms with E-state index in [2.05, 4.69) is 20.6 Å². The summed E-state index contributed by atoms with van der Waals surface area (Å²) in [4.78, 5) is 7.67. The fourth-order valence-corrected chi connectivity index (χ4v) is 0.747. The average molecular weight is 194 g/mol. The maximum Gasteiger partial charge on any atom is 0.231 e. The molecule has 0 fully saturated rings. The van der Waals surface area contributed by atoms with E-state index in [1.807, 2.05) is 0 Å². The standard InChI is InChI=1S/C6H10N8/c7-4(8)12-3-1-2-11-6(13-3)14-5(9)10/h1-2H,(H8,7,8,9,10,11,12,13,14). The SMILES string of the molecule is N=C(N)Nc1ccnc(NC(=N)N)n1. The van der Waals surface area contributed by atoms with Gasteiger partial charge in [0.1, 0.15) is 5.82 Å². The van der Waals surface area contributed by atoms with Crippen LogP contribution in [0.4, 0.5) is 11.8 Å². The predicted molar refractivity (Wildman–Crippen MR) is 53.1 cm³/mol. The van der Waals surface area contributed by atoms with Crippen molar-refractivity contribution in [2.24, 2.45) is 11.5 Å². The second-order valence-corrected chi connectivity index (χ2v) is 2.34. The van der Waals surface area contributed by atoms with Crippen LogP contribution in [0.2, 0.25) is 0 Å². The minimum Gasteiger partial charge on any atom is -0.370 e. The third-order valence-corrected chi connectivity index (χ3v) is 1.16. The Kier molecular flexibility index (Phi) is 2.79. The van der Waals surface area contributed by atoms with Crippen LogP contribution in [0, 0.1) is 10.8 Å². The molecule has 0 unspecified atom stereocenters. The molecule has 14 heavy (non-hydrogen) atoms. The fourth-order valence-electron chi connectivity index (χ4n) is 0.747. The van der Waals surface area contributed by atoms with Crippen molar-refractivity contribution in [2.45, 2.75) is 0 Å². The van der Waals surface area contributed by atoms with E-state index in [0.717, 1.165) is 0 Å². The molecule has 1 aromatic heterocycles. The Labute approximate surface area is 79.8 Å². The molecule has 0 aliphatic carbocycles. The van der Waals surface area contributed by atoms with Crippen LogP contribution in [0.5, 0.6) is 0 Å². The molecular weight excluding hydrogens is 184 g/mol. The largest absolute Gasteiger partial charge is 0.370 e. The van der Waals surface area contributed by atoms with Crippen LogP contribution in [-0.4, -0.2) is 21.9 Å². The van der Waals surface area contributed by atoms with Crippen molar-refractivity contribution in [1.29, 1.82) is 10.8 Å². The lowest BCUT2D eigenvalue weighted by Crippen LogP contribution is -2.24. The quantitative estimate of drug-likeness (QED) is 0.265. The van der Waals surface area contributed by atoms with Crippen LogP contribution < -0.4 is 22.1 Å². The van der Waals surface area contributed by atoms with Gasteiger partial charge in [-0.3, -0.25) is 16.1 Å². The van der Waals surface area contributed by atoms with Gasteiger partial charge in [-0.15, -0.1) is 0 Å². The highest BCUT2D eigenvalue weighted by Crippen LogP contribution is 2.03. The second kappa shape index (κ2) is 4.03. The van der Waals surface area contributed by atoms with Crippen LogP contribution in [0.15, 0.2) is 12.3 Å². The van der Waals surface area contributed by atoms with Crippen molar-refractivity contribution in [3.63, 3.8) is 0 Å². The molecule has 8 N–H and O–H groups in total. The molecule has 0 aromatic carbocycles. The van der Waals surface area contributed by atoms with E-state index in [9.17, 15) is 0 Å². The van der Waals surface area contributed by atoms with Crippen LogP contribution in [0.3, 0.4) is 0 Å². The molecule has 74 valence electrons. The number of aromatic nitrogens is 2. The predicted octanol–water partition coefficient (Wildman–Crippen LogP) is -0.913. The van der Waals surface area contributed by atoms with Crippen LogP contribution in [0.1, 0.15) is 0 Å². The van der Waals surface area contributed by atoms with Gasteiger partial charge < -0.3 is 16.8 Å². The number of rotatable bonds is 2. The van der Waals surface area contributed by atoms with Crippen molar-refractivity contribution in [3.8, 4) is 0 Å². The van der Waals surface area contributed by atoms with Gasteiger partial charge in [-0.25, -0.2) is 4.98 Å². The van der Waals surface area contributed by atoms with E-state index in [1.165, 1.54) is 12.3 Å². The fraction of sp³-hybridized carbons (Fsp3) is 0. The molecule has 0 saturated heterocycles. The normalized spacial score (nSPS) is 9.14. The summed E-state index contributed by atoms with van der Waals surface area (Å²) >= 11 is 0. The monoisotopic (exact) mass is 194 g/mol. The van der Waals surface area contributed by atoms with E-state index in [0.29, 0.717) is 5.82 Å². The van der Waals surface area contributed by atoms with Gasteiger partial charge in [0.2, 0.25) is 5.95 Å². The van der Waals surface area contributed by atoms with E-state index < -0.39 is 0 Å². The summed E-state index contributed by atoms with van der Waals surface area (Å²) in [6.45, 7) is 0. The molecule has 0 aliphatic heterocycles. The summed E-state index contributed by atoms with van der Waals surface area (Å²) < 4.78 is 0. The minimum absolute atomic E-state index is 0.170. The highest BCUT2D eigenvalue weighted by molar-refractivity contribution is 5.90. The Morgan fingerprint density at radius 2 is 1.86 bits per heavy atom. The molecule has 8 nitrogen and oxygen atoms in total. The van der Waals surface area contributed by atoms with Gasteiger partial charge in [0, 0.05) is 6.20 Å². The first-order chi connectivity index (χ1) is 6.58. The molecule has 0 atom stereocenters. The first kappa shape index (κ1) is 9.71. The second-order valence-electron chi connectivity index (χ2n) is 2.34. The lowest BCUT2D eigenvalue weighted by Gasteiger charge is -2.04. The molecule has 1 heterocycles. The van der Waals surface area contributed by atoms with E-state index >= 15 is 0 Å². The Bertz CT molecular complexity index is 327. The van der Waals surface area contributed by atoms with Gasteiger partial charge in [0.25, 0.3) is 0 Å². The Morgan fingerprint density at radius 3 is 2.43 bits per heavy atom. The molecule has 0 spiro atoms. The molecule has 0 radical (unpaired) electrons. The number of guanidine groups is 2. The van der Waals surface area contributed by atoms with E-state index in [-0.39, 0.29) is 17.9 Å². The summed E-state index contributed by atoms with van der Waals surface area (Å²) in [7, 11) is 0. The van der Waals surface area contributed by atoms with Gasteiger partial charge in [-0.2, -0.15) is 4.98 Å². The Hall–Kier alpha value is -2.38. The molecule has 0 amide bonds. The molecular formula is C6H10N8. The van der Waals surface area contributed by atoms with Crippen molar-refractivity contribution in [3.05, 3.63) is 12.3 Å². The number of hydrogen-bond acceptors (Lipinski definition) is 4. The number of nitrogens with one attached hydrogen (secondary N) is 4. The maximum atomic E-state index is 6.96. The highest BCUT2D eigenvalue weighted by atomic mass is 15.2. The molecule has 1 rings (SSSR count). The van der Waals surface area contributed by atoms with E-state index in [4.69, 9.17) is 22.3 Å². The highest BCUT2D eigenvalue weighted by Gasteiger charge is 1.99. The summed E-state index contributed by atoms with van der Waals surface area (Å²) in [6, 6.07) is 1.53. The first-order valence-electron chi connectivity index (χ1n) is 3.63. The van der Waals surface area contributed by atoms with Crippen LogP contribution in [0.25, 0.3) is 0 Å². The minimum atomic E-state index is -0.259. The summed E-state index contributed by atoms with van der Waals surface area (Å²) in [5, 5.41) is 18.8. The molecule has 1 aromatic rings. The zero-order valence-electron chi connectivity index (χ0n) is 7.20. The van der Waals surface area contributed by atoms with Crippen molar-refractivity contribution >= 4 is 23.7 Å². The number of nitrogens with zero attached hydrogens (tertiary/aromatic N) is 2. The number of anilines is 2. The van der Waals surface area contributed by atoms with Crippen LogP contribution >= 0.6 is 0 Å². The molecule has 8 heteroatoms. The number of nitrogens with two attached hydrogens (primary N) is 2. The van der Waals surface area contributed by atoms with Gasteiger partial charge in [0.05, 0.1) is 0 Å². The zero-order chi connectivity index (χ0) is 10.6. The molecule has 0 saturated carbocycles. The van der Waals surface area contributed by atoms with E-state index in [1.54, 1.807) is 0 Å². The molecule has 0 aliphatic rings. The number of hydrogen-bond donors (Lipinski definition) is 6. The zero-order valence-corrected chi connectivity index (χ0v) is 7.20. The summed E-state index contributed by atoms with van der Waals surface area (Å²) in [6.07, 6.45) is 1.45.